The van der Waals surface area contributed by atoms with Crippen molar-refractivity contribution in [1.82, 2.24) is 4.90 Å². The number of carbonyl (C=O) groups is 3. The largest absolute Gasteiger partial charge is 0.467 e. The number of amides is 3. The molecular formula is C23H20N2O4. The van der Waals surface area contributed by atoms with Crippen LogP contribution in [-0.2, 0) is 13.0 Å². The summed E-state index contributed by atoms with van der Waals surface area (Å²) >= 11 is 0. The number of aryl methyl sites for hydroxylation is 2. The highest BCUT2D eigenvalue weighted by atomic mass is 16.3. The van der Waals surface area contributed by atoms with Crippen LogP contribution in [0.2, 0.25) is 0 Å². The third-order valence-electron chi connectivity index (χ3n) is 5.11. The van der Waals surface area contributed by atoms with Crippen molar-refractivity contribution in [2.24, 2.45) is 0 Å². The summed E-state index contributed by atoms with van der Waals surface area (Å²) in [6.45, 7) is 4.02. The summed E-state index contributed by atoms with van der Waals surface area (Å²) in [5, 5.41) is 2.95. The van der Waals surface area contributed by atoms with Gasteiger partial charge in [0.25, 0.3) is 17.7 Å². The standard InChI is InChI=1S/C23H20N2O4/c1-3-15-7-4-6-14(2)20(15)24-21(26)16-9-10-18-19(12-16)23(28)25(22(18)27)13-17-8-5-11-29-17/h4-12H,3,13H2,1-2H3,(H,24,26). The molecule has 29 heavy (non-hydrogen) atoms. The lowest BCUT2D eigenvalue weighted by atomic mass is 10.0. The van der Waals surface area contributed by atoms with Crippen molar-refractivity contribution in [2.45, 2.75) is 26.8 Å². The molecule has 0 unspecified atom stereocenters. The van der Waals surface area contributed by atoms with Gasteiger partial charge in [0, 0.05) is 11.3 Å². The topological polar surface area (TPSA) is 79.6 Å². The molecule has 6 nitrogen and oxygen atoms in total. The van der Waals surface area contributed by atoms with Gasteiger partial charge in [-0.3, -0.25) is 19.3 Å². The molecule has 1 aliphatic rings. The molecule has 0 radical (unpaired) electrons. The molecule has 0 atom stereocenters. The van der Waals surface area contributed by atoms with E-state index < -0.39 is 5.91 Å². The molecule has 3 amide bonds. The van der Waals surface area contributed by atoms with Crippen LogP contribution in [0.4, 0.5) is 5.69 Å². The number of nitrogens with zero attached hydrogens (tertiary/aromatic N) is 1. The molecule has 146 valence electrons. The number of anilines is 1. The minimum Gasteiger partial charge on any atom is -0.467 e. The molecule has 4 rings (SSSR count). The normalized spacial score (nSPS) is 13.0. The molecule has 0 bridgehead atoms. The number of carbonyl (C=O) groups excluding carboxylic acids is 3. The Morgan fingerprint density at radius 3 is 2.55 bits per heavy atom. The van der Waals surface area contributed by atoms with Crippen molar-refractivity contribution in [2.75, 3.05) is 5.32 Å². The van der Waals surface area contributed by atoms with Crippen molar-refractivity contribution in [3.63, 3.8) is 0 Å². The molecule has 0 fully saturated rings. The first kappa shape index (κ1) is 18.7. The fourth-order valence-corrected chi connectivity index (χ4v) is 3.52. The average molecular weight is 388 g/mol. The Morgan fingerprint density at radius 2 is 1.83 bits per heavy atom. The number of benzene rings is 2. The van der Waals surface area contributed by atoms with Gasteiger partial charge in [0.15, 0.2) is 0 Å². The second kappa shape index (κ2) is 7.39. The zero-order valence-electron chi connectivity index (χ0n) is 16.2. The van der Waals surface area contributed by atoms with E-state index in [2.05, 4.69) is 5.32 Å². The van der Waals surface area contributed by atoms with Crippen LogP contribution in [0.1, 0.15) is 54.9 Å². The number of para-hydroxylation sites is 1. The van der Waals surface area contributed by atoms with E-state index in [0.717, 1.165) is 28.1 Å². The highest BCUT2D eigenvalue weighted by Gasteiger charge is 2.36. The lowest BCUT2D eigenvalue weighted by molar-refractivity contribution is 0.0631. The fourth-order valence-electron chi connectivity index (χ4n) is 3.52. The van der Waals surface area contributed by atoms with Crippen molar-refractivity contribution >= 4 is 23.4 Å². The summed E-state index contributed by atoms with van der Waals surface area (Å²) in [7, 11) is 0. The Hall–Kier alpha value is -3.67. The van der Waals surface area contributed by atoms with Crippen molar-refractivity contribution in [3.05, 3.63) is 88.4 Å². The number of furan rings is 1. The maximum absolute atomic E-state index is 12.8. The summed E-state index contributed by atoms with van der Waals surface area (Å²) in [4.78, 5) is 39.3. The van der Waals surface area contributed by atoms with Crippen LogP contribution in [0, 0.1) is 6.92 Å². The van der Waals surface area contributed by atoms with Gasteiger partial charge in [-0.05, 0) is 54.8 Å². The van der Waals surface area contributed by atoms with Gasteiger partial charge in [-0.25, -0.2) is 0 Å². The molecule has 0 spiro atoms. The maximum Gasteiger partial charge on any atom is 0.261 e. The van der Waals surface area contributed by atoms with Gasteiger partial charge in [0.2, 0.25) is 0 Å². The Kier molecular flexibility index (Phi) is 4.76. The van der Waals surface area contributed by atoms with E-state index in [4.69, 9.17) is 4.42 Å². The molecule has 2 aromatic carbocycles. The maximum atomic E-state index is 12.8. The smallest absolute Gasteiger partial charge is 0.261 e. The van der Waals surface area contributed by atoms with Crippen LogP contribution in [0.3, 0.4) is 0 Å². The van der Waals surface area contributed by atoms with Crippen molar-refractivity contribution < 1.29 is 18.8 Å². The number of hydrogen-bond donors (Lipinski definition) is 1. The summed E-state index contributed by atoms with van der Waals surface area (Å²) < 4.78 is 5.24. The summed E-state index contributed by atoms with van der Waals surface area (Å²) in [6.07, 6.45) is 2.28. The van der Waals surface area contributed by atoms with Crippen LogP contribution in [0.5, 0.6) is 0 Å². The minimum absolute atomic E-state index is 0.0595. The van der Waals surface area contributed by atoms with Gasteiger partial charge in [-0.15, -0.1) is 0 Å². The van der Waals surface area contributed by atoms with E-state index in [9.17, 15) is 14.4 Å². The minimum atomic E-state index is -0.429. The molecule has 0 aliphatic carbocycles. The fraction of sp³-hybridized carbons (Fsp3) is 0.174. The number of rotatable bonds is 5. The van der Waals surface area contributed by atoms with Gasteiger partial charge in [0.1, 0.15) is 5.76 Å². The lowest BCUT2D eigenvalue weighted by Gasteiger charge is -2.13. The highest BCUT2D eigenvalue weighted by molar-refractivity contribution is 6.22. The monoisotopic (exact) mass is 388 g/mol. The Morgan fingerprint density at radius 1 is 1.03 bits per heavy atom. The Balaban J connectivity index is 1.60. The van der Waals surface area contributed by atoms with Crippen LogP contribution >= 0.6 is 0 Å². The molecule has 1 N–H and O–H groups in total. The van der Waals surface area contributed by atoms with Crippen molar-refractivity contribution in [1.29, 1.82) is 0 Å². The van der Waals surface area contributed by atoms with E-state index in [1.54, 1.807) is 18.2 Å². The molecule has 0 saturated heterocycles. The van der Waals surface area contributed by atoms with Crippen LogP contribution in [0.15, 0.2) is 59.2 Å². The van der Waals surface area contributed by atoms with Crippen LogP contribution in [0.25, 0.3) is 0 Å². The van der Waals surface area contributed by atoms with Gasteiger partial charge in [-0.2, -0.15) is 0 Å². The van der Waals surface area contributed by atoms with E-state index in [0.29, 0.717) is 16.9 Å². The predicted molar refractivity (Wildman–Crippen MR) is 108 cm³/mol. The third kappa shape index (κ3) is 3.33. The zero-order chi connectivity index (χ0) is 20.5. The molecule has 3 aromatic rings. The summed E-state index contributed by atoms with van der Waals surface area (Å²) in [5.41, 5.74) is 3.64. The van der Waals surface area contributed by atoms with E-state index in [1.807, 2.05) is 32.0 Å². The summed E-state index contributed by atoms with van der Waals surface area (Å²) in [5.74, 6) is -0.618. The second-order valence-electron chi connectivity index (χ2n) is 6.95. The third-order valence-corrected chi connectivity index (χ3v) is 5.11. The molecule has 0 saturated carbocycles. The first-order valence-electron chi connectivity index (χ1n) is 9.42. The van der Waals surface area contributed by atoms with Crippen LogP contribution < -0.4 is 5.32 Å². The molecule has 1 aliphatic heterocycles. The Bertz CT molecular complexity index is 1120. The average Bonchev–Trinajstić information content (AvgIpc) is 3.32. The van der Waals surface area contributed by atoms with Gasteiger partial charge in [0.05, 0.1) is 23.9 Å². The predicted octanol–water partition coefficient (Wildman–Crippen LogP) is 4.20. The molecule has 1 aromatic heterocycles. The second-order valence-corrected chi connectivity index (χ2v) is 6.95. The van der Waals surface area contributed by atoms with Gasteiger partial charge in [-0.1, -0.05) is 25.1 Å². The molecule has 6 heteroatoms. The lowest BCUT2D eigenvalue weighted by Crippen LogP contribution is -2.28. The van der Waals surface area contributed by atoms with E-state index in [-0.39, 0.29) is 23.9 Å². The number of nitrogens with one attached hydrogen (secondary N) is 1. The van der Waals surface area contributed by atoms with Crippen molar-refractivity contribution in [3.8, 4) is 0 Å². The zero-order valence-corrected chi connectivity index (χ0v) is 16.2. The quantitative estimate of drug-likeness (QED) is 0.665. The van der Waals surface area contributed by atoms with E-state index in [1.165, 1.54) is 18.4 Å². The number of hydrogen-bond acceptors (Lipinski definition) is 4. The van der Waals surface area contributed by atoms with E-state index >= 15 is 0 Å². The van der Waals surface area contributed by atoms with Gasteiger partial charge >= 0.3 is 0 Å². The molecular weight excluding hydrogens is 368 g/mol. The number of fused-ring (bicyclic) bond motifs is 1. The number of imide groups is 1. The first-order valence-corrected chi connectivity index (χ1v) is 9.42. The highest BCUT2D eigenvalue weighted by Crippen LogP contribution is 2.27. The van der Waals surface area contributed by atoms with Crippen LogP contribution in [-0.4, -0.2) is 22.6 Å². The SMILES string of the molecule is CCc1cccc(C)c1NC(=O)c1ccc2c(c1)C(=O)N(Cc1ccco1)C2=O. The Labute approximate surface area is 168 Å². The first-order chi connectivity index (χ1) is 14.0. The van der Waals surface area contributed by atoms with Gasteiger partial charge < -0.3 is 9.73 Å². The summed E-state index contributed by atoms with van der Waals surface area (Å²) in [6, 6.07) is 13.9. The molecule has 2 heterocycles.